The molecule has 0 spiro atoms. The highest BCUT2D eigenvalue weighted by atomic mass is 16.3. The lowest BCUT2D eigenvalue weighted by Crippen LogP contribution is -1.97. The molecule has 0 atom stereocenters. The first-order chi connectivity index (χ1) is 9.72. The molecular formula is C16H17N3O. The zero-order chi connectivity index (χ0) is 14.1. The van der Waals surface area contributed by atoms with E-state index in [-0.39, 0.29) is 0 Å². The van der Waals surface area contributed by atoms with E-state index in [1.54, 1.807) is 10.9 Å². The van der Waals surface area contributed by atoms with Gasteiger partial charge in [-0.2, -0.15) is 5.10 Å². The number of benzene rings is 1. The molecule has 4 nitrogen and oxygen atoms in total. The van der Waals surface area contributed by atoms with Crippen LogP contribution in [0.3, 0.4) is 0 Å². The third-order valence-electron chi connectivity index (χ3n) is 3.48. The summed E-state index contributed by atoms with van der Waals surface area (Å²) in [6, 6.07) is 12.0. The van der Waals surface area contributed by atoms with Crippen molar-refractivity contribution in [2.75, 3.05) is 5.73 Å². The predicted octanol–water partition coefficient (Wildman–Crippen LogP) is 3.49. The van der Waals surface area contributed by atoms with Crippen molar-refractivity contribution in [3.8, 4) is 22.4 Å². The van der Waals surface area contributed by atoms with Gasteiger partial charge in [0.1, 0.15) is 17.3 Å². The zero-order valence-electron chi connectivity index (χ0n) is 11.6. The Bertz CT molecular complexity index is 726. The van der Waals surface area contributed by atoms with E-state index >= 15 is 0 Å². The quantitative estimate of drug-likeness (QED) is 0.790. The van der Waals surface area contributed by atoms with E-state index in [1.807, 2.05) is 43.4 Å². The summed E-state index contributed by atoms with van der Waals surface area (Å²) in [6.45, 7) is 2.07. The second-order valence-corrected chi connectivity index (χ2v) is 4.71. The largest absolute Gasteiger partial charge is 0.469 e. The van der Waals surface area contributed by atoms with Crippen molar-refractivity contribution in [1.82, 2.24) is 9.78 Å². The Balaban J connectivity index is 2.25. The van der Waals surface area contributed by atoms with Crippen LogP contribution in [0.25, 0.3) is 22.4 Å². The maximum atomic E-state index is 6.20. The molecule has 0 aliphatic heterocycles. The number of aromatic nitrogens is 2. The highest BCUT2D eigenvalue weighted by Gasteiger charge is 2.20. The van der Waals surface area contributed by atoms with E-state index in [0.717, 1.165) is 34.6 Å². The van der Waals surface area contributed by atoms with Crippen LogP contribution in [0.15, 0.2) is 47.1 Å². The Morgan fingerprint density at radius 2 is 1.95 bits per heavy atom. The summed E-state index contributed by atoms with van der Waals surface area (Å²) in [4.78, 5) is 0. The van der Waals surface area contributed by atoms with Crippen molar-refractivity contribution in [3.05, 3.63) is 48.4 Å². The molecule has 2 aromatic heterocycles. The van der Waals surface area contributed by atoms with Gasteiger partial charge >= 0.3 is 0 Å². The van der Waals surface area contributed by atoms with E-state index in [4.69, 9.17) is 10.2 Å². The minimum atomic E-state index is 0.662. The van der Waals surface area contributed by atoms with Gasteiger partial charge in [0, 0.05) is 19.0 Å². The van der Waals surface area contributed by atoms with E-state index in [0.29, 0.717) is 5.82 Å². The fourth-order valence-electron chi connectivity index (χ4n) is 2.44. The molecule has 0 radical (unpaired) electrons. The van der Waals surface area contributed by atoms with Gasteiger partial charge in [0.2, 0.25) is 0 Å². The molecule has 3 aromatic rings. The van der Waals surface area contributed by atoms with E-state index < -0.39 is 0 Å². The number of nitrogen functional groups attached to an aromatic ring is 1. The van der Waals surface area contributed by atoms with Crippen LogP contribution in [0, 0.1) is 0 Å². The van der Waals surface area contributed by atoms with Gasteiger partial charge in [-0.1, -0.05) is 37.3 Å². The smallest absolute Gasteiger partial charge is 0.129 e. The number of furan rings is 1. The van der Waals surface area contributed by atoms with Crippen LogP contribution in [-0.2, 0) is 13.5 Å². The number of nitrogens with two attached hydrogens (primary N) is 1. The maximum absolute atomic E-state index is 6.20. The SMILES string of the molecule is CCc1occc1-c1nn(C)c(N)c1-c1ccccc1. The molecule has 1 aromatic carbocycles. The highest BCUT2D eigenvalue weighted by molar-refractivity contribution is 5.88. The van der Waals surface area contributed by atoms with Crippen molar-refractivity contribution < 1.29 is 4.42 Å². The van der Waals surface area contributed by atoms with Gasteiger partial charge in [-0.25, -0.2) is 0 Å². The Labute approximate surface area is 117 Å². The lowest BCUT2D eigenvalue weighted by Gasteiger charge is -2.04. The normalized spacial score (nSPS) is 10.9. The van der Waals surface area contributed by atoms with Crippen LogP contribution < -0.4 is 5.73 Å². The lowest BCUT2D eigenvalue weighted by molar-refractivity contribution is 0.517. The third kappa shape index (κ3) is 1.90. The Hall–Kier alpha value is -2.49. The fraction of sp³-hybridized carbons (Fsp3) is 0.188. The predicted molar refractivity (Wildman–Crippen MR) is 80.1 cm³/mol. The third-order valence-corrected chi connectivity index (χ3v) is 3.48. The molecule has 0 saturated heterocycles. The van der Waals surface area contributed by atoms with Crippen molar-refractivity contribution in [3.63, 3.8) is 0 Å². The topological polar surface area (TPSA) is 57.0 Å². The van der Waals surface area contributed by atoms with Gasteiger partial charge in [-0.3, -0.25) is 4.68 Å². The minimum absolute atomic E-state index is 0.662. The summed E-state index contributed by atoms with van der Waals surface area (Å²) in [6.07, 6.45) is 2.53. The summed E-state index contributed by atoms with van der Waals surface area (Å²) in [7, 11) is 1.86. The minimum Gasteiger partial charge on any atom is -0.469 e. The summed E-state index contributed by atoms with van der Waals surface area (Å²) in [5.74, 6) is 1.59. The molecule has 0 fully saturated rings. The van der Waals surface area contributed by atoms with Crippen LogP contribution in [-0.4, -0.2) is 9.78 Å². The fourth-order valence-corrected chi connectivity index (χ4v) is 2.44. The van der Waals surface area contributed by atoms with Gasteiger partial charge < -0.3 is 10.2 Å². The maximum Gasteiger partial charge on any atom is 0.129 e. The molecule has 0 unspecified atom stereocenters. The van der Waals surface area contributed by atoms with Crippen LogP contribution >= 0.6 is 0 Å². The number of rotatable bonds is 3. The first kappa shape index (κ1) is 12.5. The van der Waals surface area contributed by atoms with Crippen molar-refractivity contribution >= 4 is 5.82 Å². The summed E-state index contributed by atoms with van der Waals surface area (Å²) >= 11 is 0. The average Bonchev–Trinajstić information content (AvgIpc) is 3.05. The highest BCUT2D eigenvalue weighted by Crippen LogP contribution is 2.37. The van der Waals surface area contributed by atoms with Crippen molar-refractivity contribution in [2.24, 2.45) is 7.05 Å². The molecule has 0 saturated carbocycles. The first-order valence-electron chi connectivity index (χ1n) is 6.67. The second-order valence-electron chi connectivity index (χ2n) is 4.71. The number of aryl methyl sites for hydroxylation is 2. The molecule has 2 heterocycles. The van der Waals surface area contributed by atoms with E-state index in [2.05, 4.69) is 12.0 Å². The van der Waals surface area contributed by atoms with Crippen LogP contribution in [0.5, 0.6) is 0 Å². The first-order valence-corrected chi connectivity index (χ1v) is 6.67. The molecule has 2 N–H and O–H groups in total. The number of hydrogen-bond donors (Lipinski definition) is 1. The lowest BCUT2D eigenvalue weighted by atomic mass is 10.0. The van der Waals surface area contributed by atoms with Gasteiger partial charge in [0.25, 0.3) is 0 Å². The molecule has 20 heavy (non-hydrogen) atoms. The van der Waals surface area contributed by atoms with Gasteiger partial charge in [-0.05, 0) is 11.6 Å². The zero-order valence-corrected chi connectivity index (χ0v) is 11.6. The molecule has 0 aliphatic rings. The molecule has 0 aliphatic carbocycles. The van der Waals surface area contributed by atoms with Crippen LogP contribution in [0.4, 0.5) is 5.82 Å². The summed E-state index contributed by atoms with van der Waals surface area (Å²) in [5, 5.41) is 4.57. The van der Waals surface area contributed by atoms with Crippen LogP contribution in [0.2, 0.25) is 0 Å². The monoisotopic (exact) mass is 267 g/mol. The molecule has 0 bridgehead atoms. The molecule has 0 amide bonds. The molecule has 3 rings (SSSR count). The summed E-state index contributed by atoms with van der Waals surface area (Å²) < 4.78 is 7.23. The van der Waals surface area contributed by atoms with Crippen LogP contribution in [0.1, 0.15) is 12.7 Å². The van der Waals surface area contributed by atoms with Crippen molar-refractivity contribution in [2.45, 2.75) is 13.3 Å². The standard InChI is InChI=1S/C16H17N3O/c1-3-13-12(9-10-20-13)15-14(16(17)19(2)18-15)11-7-5-4-6-8-11/h4-10H,3,17H2,1-2H3. The Kier molecular flexibility index (Phi) is 3.06. The summed E-state index contributed by atoms with van der Waals surface area (Å²) in [5.41, 5.74) is 10.1. The number of nitrogens with zero attached hydrogens (tertiary/aromatic N) is 2. The second kappa shape index (κ2) is 4.89. The number of hydrogen-bond acceptors (Lipinski definition) is 3. The Morgan fingerprint density at radius 1 is 1.20 bits per heavy atom. The molecular weight excluding hydrogens is 250 g/mol. The molecule has 4 heteroatoms. The average molecular weight is 267 g/mol. The van der Waals surface area contributed by atoms with Gasteiger partial charge in [0.15, 0.2) is 0 Å². The number of anilines is 1. The molecule has 102 valence electrons. The van der Waals surface area contributed by atoms with E-state index in [9.17, 15) is 0 Å². The van der Waals surface area contributed by atoms with E-state index in [1.165, 1.54) is 0 Å². The van der Waals surface area contributed by atoms with Gasteiger partial charge in [-0.15, -0.1) is 0 Å². The Morgan fingerprint density at radius 3 is 2.65 bits per heavy atom. The van der Waals surface area contributed by atoms with Crippen molar-refractivity contribution in [1.29, 1.82) is 0 Å². The van der Waals surface area contributed by atoms with Gasteiger partial charge in [0.05, 0.1) is 11.8 Å².